The lowest BCUT2D eigenvalue weighted by Crippen LogP contribution is -2.20. The van der Waals surface area contributed by atoms with Crippen LogP contribution in [0.2, 0.25) is 0 Å². The monoisotopic (exact) mass is 404 g/mol. The molecule has 3 N–H and O–H groups in total. The van der Waals surface area contributed by atoms with Crippen molar-refractivity contribution in [1.82, 2.24) is 10.2 Å². The van der Waals surface area contributed by atoms with Crippen LogP contribution in [-0.4, -0.2) is 23.3 Å². The number of methoxy groups -OCH3 is 1. The number of amides is 2. The van der Waals surface area contributed by atoms with E-state index < -0.39 is 17.8 Å². The summed E-state index contributed by atoms with van der Waals surface area (Å²) in [6.45, 7) is 1.91. The molecule has 1 heterocycles. The summed E-state index contributed by atoms with van der Waals surface area (Å²) in [5.41, 5.74) is 2.00. The van der Waals surface area contributed by atoms with Gasteiger partial charge in [0.1, 0.15) is 11.4 Å². The molecule has 0 aliphatic carbocycles. The Morgan fingerprint density at radius 1 is 1.07 bits per heavy atom. The number of urea groups is 1. The highest BCUT2D eigenvalue weighted by Gasteiger charge is 2.30. The zero-order valence-electron chi connectivity index (χ0n) is 15.7. The molecule has 0 spiro atoms. The molecule has 29 heavy (non-hydrogen) atoms. The fourth-order valence-corrected chi connectivity index (χ4v) is 2.74. The summed E-state index contributed by atoms with van der Waals surface area (Å²) >= 11 is 0. The third kappa shape index (κ3) is 4.68. The molecule has 0 unspecified atom stereocenters. The number of hydrogen-bond acceptors (Lipinski definition) is 3. The van der Waals surface area contributed by atoms with Crippen LogP contribution in [0.5, 0.6) is 5.75 Å². The van der Waals surface area contributed by atoms with E-state index in [0.717, 1.165) is 23.4 Å². The van der Waals surface area contributed by atoms with Crippen LogP contribution in [0.15, 0.2) is 48.5 Å². The van der Waals surface area contributed by atoms with Crippen molar-refractivity contribution in [2.45, 2.75) is 19.5 Å². The Labute approximate surface area is 165 Å². The highest BCUT2D eigenvalue weighted by atomic mass is 19.4. The highest BCUT2D eigenvalue weighted by molar-refractivity contribution is 6.02. The van der Waals surface area contributed by atoms with E-state index in [-0.39, 0.29) is 5.69 Å². The number of ether oxygens (including phenoxy) is 1. The quantitative estimate of drug-likeness (QED) is 0.539. The van der Waals surface area contributed by atoms with Crippen molar-refractivity contribution in [3.8, 4) is 17.0 Å². The number of H-pyrrole nitrogens is 1. The van der Waals surface area contributed by atoms with Crippen LogP contribution in [-0.2, 0) is 12.6 Å². The smallest absolute Gasteiger partial charge is 0.416 e. The summed E-state index contributed by atoms with van der Waals surface area (Å²) in [4.78, 5) is 12.4. The number of halogens is 3. The Balaban J connectivity index is 1.78. The largest absolute Gasteiger partial charge is 0.497 e. The van der Waals surface area contributed by atoms with Gasteiger partial charge in [-0.2, -0.15) is 18.3 Å². The van der Waals surface area contributed by atoms with Crippen molar-refractivity contribution >= 4 is 17.4 Å². The van der Waals surface area contributed by atoms with E-state index in [4.69, 9.17) is 4.74 Å². The van der Waals surface area contributed by atoms with E-state index in [1.807, 2.05) is 19.1 Å². The summed E-state index contributed by atoms with van der Waals surface area (Å²) in [7, 11) is 1.57. The lowest BCUT2D eigenvalue weighted by Gasteiger charge is -2.11. The van der Waals surface area contributed by atoms with Crippen molar-refractivity contribution in [3.63, 3.8) is 0 Å². The molecular weight excluding hydrogens is 385 g/mol. The molecule has 6 nitrogen and oxygen atoms in total. The lowest BCUT2D eigenvalue weighted by atomic mass is 10.1. The Morgan fingerprint density at radius 2 is 1.72 bits per heavy atom. The number of carbonyl (C=O) groups is 1. The molecule has 0 radical (unpaired) electrons. The number of aryl methyl sites for hydroxylation is 1. The van der Waals surface area contributed by atoms with E-state index in [2.05, 4.69) is 20.8 Å². The van der Waals surface area contributed by atoms with Gasteiger partial charge in [0.25, 0.3) is 0 Å². The first kappa shape index (κ1) is 20.2. The topological polar surface area (TPSA) is 79.0 Å². The fraction of sp³-hybridized carbons (Fsp3) is 0.200. The third-order valence-corrected chi connectivity index (χ3v) is 4.27. The predicted molar refractivity (Wildman–Crippen MR) is 104 cm³/mol. The molecule has 3 aromatic rings. The first-order valence-corrected chi connectivity index (χ1v) is 8.78. The Hall–Kier alpha value is -3.49. The van der Waals surface area contributed by atoms with Crippen LogP contribution in [0.1, 0.15) is 18.2 Å². The number of anilines is 2. The van der Waals surface area contributed by atoms with Crippen molar-refractivity contribution in [1.29, 1.82) is 0 Å². The van der Waals surface area contributed by atoms with E-state index >= 15 is 0 Å². The summed E-state index contributed by atoms with van der Waals surface area (Å²) in [5, 5.41) is 12.4. The summed E-state index contributed by atoms with van der Waals surface area (Å²) in [6, 6.07) is 10.8. The van der Waals surface area contributed by atoms with E-state index in [1.165, 1.54) is 12.1 Å². The molecule has 1 aromatic heterocycles. The maximum Gasteiger partial charge on any atom is 0.416 e. The van der Waals surface area contributed by atoms with Crippen LogP contribution >= 0.6 is 0 Å². The molecule has 0 atom stereocenters. The molecule has 9 heteroatoms. The van der Waals surface area contributed by atoms with Gasteiger partial charge in [0.2, 0.25) is 0 Å². The average Bonchev–Trinajstić information content (AvgIpc) is 3.10. The molecule has 0 fully saturated rings. The normalized spacial score (nSPS) is 11.2. The van der Waals surface area contributed by atoms with E-state index in [9.17, 15) is 18.0 Å². The second-order valence-corrected chi connectivity index (χ2v) is 6.16. The minimum absolute atomic E-state index is 0.239. The molecule has 0 aliphatic rings. The fourth-order valence-electron chi connectivity index (χ4n) is 2.74. The van der Waals surface area contributed by atoms with Crippen LogP contribution in [0.3, 0.4) is 0 Å². The van der Waals surface area contributed by atoms with Gasteiger partial charge in [-0.1, -0.05) is 6.92 Å². The van der Waals surface area contributed by atoms with Crippen molar-refractivity contribution < 1.29 is 22.7 Å². The van der Waals surface area contributed by atoms with Gasteiger partial charge in [-0.3, -0.25) is 5.10 Å². The minimum atomic E-state index is -4.43. The summed E-state index contributed by atoms with van der Waals surface area (Å²) in [5.74, 6) is 0.689. The SMILES string of the molecule is CCc1[nH]nc(-c2ccc(OC)cc2)c1NC(=O)Nc1ccc(C(F)(F)F)cc1. The maximum atomic E-state index is 12.7. The molecule has 0 saturated heterocycles. The number of carbonyl (C=O) groups excluding carboxylic acids is 1. The third-order valence-electron chi connectivity index (χ3n) is 4.27. The number of aromatic nitrogens is 2. The van der Waals surface area contributed by atoms with Crippen molar-refractivity contribution in [2.75, 3.05) is 17.7 Å². The number of nitrogens with one attached hydrogen (secondary N) is 3. The zero-order valence-corrected chi connectivity index (χ0v) is 15.7. The van der Waals surface area contributed by atoms with Crippen LogP contribution in [0.25, 0.3) is 11.3 Å². The zero-order chi connectivity index (χ0) is 21.0. The molecule has 2 amide bonds. The van der Waals surface area contributed by atoms with Crippen molar-refractivity contribution in [2.24, 2.45) is 0 Å². The molecule has 0 aliphatic heterocycles. The van der Waals surface area contributed by atoms with Gasteiger partial charge in [-0.15, -0.1) is 0 Å². The van der Waals surface area contributed by atoms with Crippen molar-refractivity contribution in [3.05, 3.63) is 59.8 Å². The maximum absolute atomic E-state index is 12.7. The Kier molecular flexibility index (Phi) is 5.76. The molecule has 2 aromatic carbocycles. The molecule has 3 rings (SSSR count). The number of nitrogens with zero attached hydrogens (tertiary/aromatic N) is 1. The van der Waals surface area contributed by atoms with Gasteiger partial charge in [0.15, 0.2) is 0 Å². The number of rotatable bonds is 5. The molecule has 0 saturated carbocycles. The molecule has 152 valence electrons. The van der Waals surface area contributed by atoms with Gasteiger partial charge in [0.05, 0.1) is 24.1 Å². The van der Waals surface area contributed by atoms with Gasteiger partial charge < -0.3 is 15.4 Å². The van der Waals surface area contributed by atoms with Crippen LogP contribution < -0.4 is 15.4 Å². The number of hydrogen-bond donors (Lipinski definition) is 3. The van der Waals surface area contributed by atoms with Crippen LogP contribution in [0, 0.1) is 0 Å². The first-order valence-electron chi connectivity index (χ1n) is 8.78. The second kappa shape index (κ2) is 8.26. The highest BCUT2D eigenvalue weighted by Crippen LogP contribution is 2.31. The average molecular weight is 404 g/mol. The Bertz CT molecular complexity index is 980. The number of benzene rings is 2. The molecular formula is C20H19F3N4O2. The van der Waals surface area contributed by atoms with E-state index in [1.54, 1.807) is 19.2 Å². The van der Waals surface area contributed by atoms with Gasteiger partial charge >= 0.3 is 12.2 Å². The first-order chi connectivity index (χ1) is 13.8. The van der Waals surface area contributed by atoms with E-state index in [0.29, 0.717) is 23.6 Å². The number of aromatic amines is 1. The minimum Gasteiger partial charge on any atom is -0.497 e. The second-order valence-electron chi connectivity index (χ2n) is 6.16. The number of alkyl halides is 3. The van der Waals surface area contributed by atoms with Gasteiger partial charge in [-0.05, 0) is 55.0 Å². The Morgan fingerprint density at radius 3 is 2.28 bits per heavy atom. The molecule has 0 bridgehead atoms. The summed E-state index contributed by atoms with van der Waals surface area (Å²) < 4.78 is 43.1. The standard InChI is InChI=1S/C20H19F3N4O2/c1-3-16-18(17(27-26-16)12-4-10-15(29-2)11-5-12)25-19(28)24-14-8-6-13(7-9-14)20(21,22)23/h4-11H,3H2,1-2H3,(H,26,27)(H2,24,25,28). The van der Waals surface area contributed by atoms with Crippen LogP contribution in [0.4, 0.5) is 29.3 Å². The summed E-state index contributed by atoms with van der Waals surface area (Å²) in [6.07, 6.45) is -3.83. The predicted octanol–water partition coefficient (Wildman–Crippen LogP) is 5.31. The lowest BCUT2D eigenvalue weighted by molar-refractivity contribution is -0.137. The van der Waals surface area contributed by atoms with Gasteiger partial charge in [-0.25, -0.2) is 4.79 Å². The van der Waals surface area contributed by atoms with Gasteiger partial charge in [0, 0.05) is 11.3 Å².